The van der Waals surface area contributed by atoms with Gasteiger partial charge in [-0.05, 0) is 53.6 Å². The molecule has 0 saturated heterocycles. The number of nitrogens with one attached hydrogen (secondary N) is 1. The van der Waals surface area contributed by atoms with Gasteiger partial charge in [-0.15, -0.1) is 0 Å². The summed E-state index contributed by atoms with van der Waals surface area (Å²) in [6, 6.07) is 31.7. The van der Waals surface area contributed by atoms with Crippen LogP contribution in [0.5, 0.6) is 5.75 Å². The van der Waals surface area contributed by atoms with Crippen LogP contribution in [0.1, 0.15) is 21.6 Å². The number of fused-ring (bicyclic) bond motifs is 1. The molecule has 5 rings (SSSR count). The Morgan fingerprint density at radius 1 is 0.914 bits per heavy atom. The van der Waals surface area contributed by atoms with E-state index in [2.05, 4.69) is 46.0 Å². The van der Waals surface area contributed by atoms with Gasteiger partial charge in [0.15, 0.2) is 5.69 Å². The van der Waals surface area contributed by atoms with Gasteiger partial charge in [-0.3, -0.25) is 4.79 Å². The van der Waals surface area contributed by atoms with Crippen LogP contribution in [-0.2, 0) is 0 Å². The second-order valence-electron chi connectivity index (χ2n) is 8.12. The molecule has 6 heteroatoms. The monoisotopic (exact) mass is 460 g/mol. The number of rotatable bonds is 6. The molecule has 0 spiro atoms. The number of carbonyl (C=O) groups is 1. The van der Waals surface area contributed by atoms with Crippen LogP contribution in [0.4, 0.5) is 0 Å². The average Bonchev–Trinajstić information content (AvgIpc) is 3.34. The van der Waals surface area contributed by atoms with Crippen molar-refractivity contribution >= 4 is 22.9 Å². The summed E-state index contributed by atoms with van der Waals surface area (Å²) < 4.78 is 7.14. The molecule has 6 nitrogen and oxygen atoms in total. The summed E-state index contributed by atoms with van der Waals surface area (Å²) in [7, 11) is 1.60. The largest absolute Gasteiger partial charge is 0.496 e. The first-order valence-electron chi connectivity index (χ1n) is 11.3. The molecule has 1 N–H and O–H groups in total. The number of hydrogen-bond donors (Lipinski definition) is 1. The first-order valence-corrected chi connectivity index (χ1v) is 11.3. The predicted molar refractivity (Wildman–Crippen MR) is 139 cm³/mol. The molecule has 0 aliphatic carbocycles. The zero-order valence-electron chi connectivity index (χ0n) is 19.5. The van der Waals surface area contributed by atoms with Crippen LogP contribution < -0.4 is 10.2 Å². The van der Waals surface area contributed by atoms with E-state index in [-0.39, 0.29) is 5.69 Å². The number of aryl methyl sites for hydroxylation is 1. The van der Waals surface area contributed by atoms with Crippen molar-refractivity contribution in [3.05, 3.63) is 114 Å². The SMILES string of the molecule is COc1ccccc1/C=N\NC(=O)c1cc(-c2ccc3ccccc3c2)n(-c2ccccc2C)n1. The van der Waals surface area contributed by atoms with Crippen molar-refractivity contribution in [2.24, 2.45) is 5.10 Å². The van der Waals surface area contributed by atoms with Gasteiger partial charge in [0.05, 0.1) is 24.7 Å². The zero-order chi connectivity index (χ0) is 24.2. The van der Waals surface area contributed by atoms with Crippen molar-refractivity contribution < 1.29 is 9.53 Å². The van der Waals surface area contributed by atoms with E-state index < -0.39 is 5.91 Å². The Morgan fingerprint density at radius 3 is 2.49 bits per heavy atom. The fourth-order valence-corrected chi connectivity index (χ4v) is 4.02. The predicted octanol–water partition coefficient (Wildman–Crippen LogP) is 5.77. The number of para-hydroxylation sites is 2. The molecule has 172 valence electrons. The topological polar surface area (TPSA) is 68.5 Å². The molecule has 0 fully saturated rings. The molecule has 0 aliphatic rings. The lowest BCUT2D eigenvalue weighted by Crippen LogP contribution is -2.18. The molecule has 5 aromatic rings. The third-order valence-corrected chi connectivity index (χ3v) is 5.84. The minimum Gasteiger partial charge on any atom is -0.496 e. The molecule has 0 atom stereocenters. The van der Waals surface area contributed by atoms with E-state index in [9.17, 15) is 4.79 Å². The van der Waals surface area contributed by atoms with Crippen molar-refractivity contribution in [3.63, 3.8) is 0 Å². The van der Waals surface area contributed by atoms with Crippen molar-refractivity contribution in [1.29, 1.82) is 0 Å². The highest BCUT2D eigenvalue weighted by molar-refractivity contribution is 5.95. The average molecular weight is 461 g/mol. The quantitative estimate of drug-likeness (QED) is 0.258. The molecule has 35 heavy (non-hydrogen) atoms. The molecule has 0 unspecified atom stereocenters. The summed E-state index contributed by atoms with van der Waals surface area (Å²) in [6.45, 7) is 2.03. The number of hydrazone groups is 1. The maximum absolute atomic E-state index is 13.0. The third-order valence-electron chi connectivity index (χ3n) is 5.84. The Labute approximate surface area is 203 Å². The molecule has 0 aliphatic heterocycles. The second-order valence-corrected chi connectivity index (χ2v) is 8.12. The fourth-order valence-electron chi connectivity index (χ4n) is 4.02. The zero-order valence-corrected chi connectivity index (χ0v) is 19.5. The van der Waals surface area contributed by atoms with Gasteiger partial charge in [0.1, 0.15) is 5.75 Å². The Hall–Kier alpha value is -4.71. The Bertz CT molecular complexity index is 1550. The summed E-state index contributed by atoms with van der Waals surface area (Å²) in [5, 5.41) is 11.1. The molecular weight excluding hydrogens is 436 g/mol. The summed E-state index contributed by atoms with van der Waals surface area (Å²) in [5.41, 5.74) is 7.37. The summed E-state index contributed by atoms with van der Waals surface area (Å²) in [6.07, 6.45) is 1.55. The lowest BCUT2D eigenvalue weighted by molar-refractivity contribution is 0.0949. The van der Waals surface area contributed by atoms with E-state index in [1.165, 1.54) is 0 Å². The van der Waals surface area contributed by atoms with E-state index >= 15 is 0 Å². The van der Waals surface area contributed by atoms with Crippen LogP contribution in [-0.4, -0.2) is 29.0 Å². The number of ether oxygens (including phenoxy) is 1. The first-order chi connectivity index (χ1) is 17.1. The molecule has 4 aromatic carbocycles. The highest BCUT2D eigenvalue weighted by atomic mass is 16.5. The van der Waals surface area contributed by atoms with Crippen LogP contribution >= 0.6 is 0 Å². The van der Waals surface area contributed by atoms with Gasteiger partial charge in [0.2, 0.25) is 0 Å². The van der Waals surface area contributed by atoms with E-state index in [0.29, 0.717) is 5.75 Å². The normalized spacial score (nSPS) is 11.1. The van der Waals surface area contributed by atoms with Crippen LogP contribution in [0.15, 0.2) is 102 Å². The minimum absolute atomic E-state index is 0.272. The van der Waals surface area contributed by atoms with Crippen LogP contribution in [0, 0.1) is 6.92 Å². The summed E-state index contributed by atoms with van der Waals surface area (Å²) in [5.74, 6) is 0.276. The number of hydrogen-bond acceptors (Lipinski definition) is 4. The van der Waals surface area contributed by atoms with Gasteiger partial charge >= 0.3 is 0 Å². The molecule has 0 bridgehead atoms. The number of amides is 1. The number of benzene rings is 4. The Morgan fingerprint density at radius 2 is 1.66 bits per heavy atom. The van der Waals surface area contributed by atoms with E-state index in [1.807, 2.05) is 72.3 Å². The molecule has 1 aromatic heterocycles. The molecular formula is C29H24N4O2. The van der Waals surface area contributed by atoms with Crippen LogP contribution in [0.2, 0.25) is 0 Å². The van der Waals surface area contributed by atoms with E-state index in [4.69, 9.17) is 4.74 Å². The van der Waals surface area contributed by atoms with E-state index in [1.54, 1.807) is 19.4 Å². The summed E-state index contributed by atoms with van der Waals surface area (Å²) >= 11 is 0. The van der Waals surface area contributed by atoms with Crippen LogP contribution in [0.25, 0.3) is 27.7 Å². The fraction of sp³-hybridized carbons (Fsp3) is 0.0690. The molecule has 0 radical (unpaired) electrons. The molecule has 0 saturated carbocycles. The minimum atomic E-state index is -0.398. The summed E-state index contributed by atoms with van der Waals surface area (Å²) in [4.78, 5) is 13.0. The molecule has 1 heterocycles. The number of carbonyl (C=O) groups excluding carboxylic acids is 1. The van der Waals surface area contributed by atoms with Crippen molar-refractivity contribution in [2.45, 2.75) is 6.92 Å². The van der Waals surface area contributed by atoms with E-state index in [0.717, 1.165) is 38.8 Å². The second kappa shape index (κ2) is 9.65. The van der Waals surface area contributed by atoms with Gasteiger partial charge in [-0.1, -0.05) is 66.7 Å². The lowest BCUT2D eigenvalue weighted by Gasteiger charge is -2.11. The maximum atomic E-state index is 13.0. The van der Waals surface area contributed by atoms with Gasteiger partial charge in [0.25, 0.3) is 5.91 Å². The van der Waals surface area contributed by atoms with Gasteiger partial charge < -0.3 is 4.74 Å². The van der Waals surface area contributed by atoms with Gasteiger partial charge in [-0.25, -0.2) is 10.1 Å². The third kappa shape index (κ3) is 4.54. The lowest BCUT2D eigenvalue weighted by atomic mass is 10.0. The highest BCUT2D eigenvalue weighted by Crippen LogP contribution is 2.28. The highest BCUT2D eigenvalue weighted by Gasteiger charge is 2.18. The smallest absolute Gasteiger partial charge is 0.291 e. The Balaban J connectivity index is 1.51. The van der Waals surface area contributed by atoms with Gasteiger partial charge in [0, 0.05) is 11.1 Å². The number of aromatic nitrogens is 2. The first kappa shape index (κ1) is 22.1. The van der Waals surface area contributed by atoms with Crippen molar-refractivity contribution in [3.8, 4) is 22.7 Å². The van der Waals surface area contributed by atoms with Crippen LogP contribution in [0.3, 0.4) is 0 Å². The van der Waals surface area contributed by atoms with Crippen molar-refractivity contribution in [2.75, 3.05) is 7.11 Å². The standard InChI is InChI=1S/C29H24N4O2/c1-20-9-3-7-13-26(20)33-27(23-16-15-21-10-4-5-11-22(21)17-23)18-25(32-33)29(34)31-30-19-24-12-6-8-14-28(24)35-2/h3-19H,1-2H3,(H,31,34)/b30-19-. The molecule has 1 amide bonds. The van der Waals surface area contributed by atoms with Crippen molar-refractivity contribution in [1.82, 2.24) is 15.2 Å². The Kier molecular flexibility index (Phi) is 6.09. The number of nitrogens with zero attached hydrogens (tertiary/aromatic N) is 3. The van der Waals surface area contributed by atoms with Gasteiger partial charge in [-0.2, -0.15) is 10.2 Å². The maximum Gasteiger partial charge on any atom is 0.291 e. The number of methoxy groups -OCH3 is 1.